The van der Waals surface area contributed by atoms with Crippen LogP contribution in [-0.4, -0.2) is 32.6 Å². The zero-order valence-corrected chi connectivity index (χ0v) is 16.9. The van der Waals surface area contributed by atoms with E-state index in [-0.39, 0.29) is 12.1 Å². The number of rotatable bonds is 7. The molecule has 0 aliphatic heterocycles. The molecule has 0 spiro atoms. The SMILES string of the molecule is COc1ccc(-c2cc(NC(=O)CNC(=O)c3ccc(F)cc3F)ccc2OC)cc1. The average Bonchev–Trinajstić information content (AvgIpc) is 2.77. The van der Waals surface area contributed by atoms with E-state index in [0.717, 1.165) is 23.3 Å². The minimum Gasteiger partial charge on any atom is -0.497 e. The van der Waals surface area contributed by atoms with Crippen LogP contribution in [0.5, 0.6) is 11.5 Å². The smallest absolute Gasteiger partial charge is 0.254 e. The lowest BCUT2D eigenvalue weighted by molar-refractivity contribution is -0.115. The molecule has 0 aliphatic rings. The zero-order valence-electron chi connectivity index (χ0n) is 16.9. The van der Waals surface area contributed by atoms with Crippen molar-refractivity contribution in [3.63, 3.8) is 0 Å². The molecule has 0 fully saturated rings. The van der Waals surface area contributed by atoms with Gasteiger partial charge in [-0.2, -0.15) is 0 Å². The van der Waals surface area contributed by atoms with Crippen molar-refractivity contribution in [1.82, 2.24) is 5.32 Å². The molecule has 3 aromatic carbocycles. The summed E-state index contributed by atoms with van der Waals surface area (Å²) in [7, 11) is 3.12. The van der Waals surface area contributed by atoms with Crippen LogP contribution in [0.1, 0.15) is 10.4 Å². The van der Waals surface area contributed by atoms with E-state index >= 15 is 0 Å². The van der Waals surface area contributed by atoms with Gasteiger partial charge < -0.3 is 20.1 Å². The molecule has 3 rings (SSSR count). The standard InChI is InChI=1S/C23H20F2N2O4/c1-30-17-7-3-14(4-8-17)19-12-16(6-10-21(19)31-2)27-22(28)13-26-23(29)18-9-5-15(24)11-20(18)25/h3-12H,13H2,1-2H3,(H,26,29)(H,27,28). The number of ether oxygens (including phenoxy) is 2. The van der Waals surface area contributed by atoms with E-state index in [2.05, 4.69) is 10.6 Å². The van der Waals surface area contributed by atoms with Gasteiger partial charge in [-0.15, -0.1) is 0 Å². The molecule has 0 atom stereocenters. The first-order chi connectivity index (χ1) is 14.9. The summed E-state index contributed by atoms with van der Waals surface area (Å²) < 4.78 is 37.2. The highest BCUT2D eigenvalue weighted by molar-refractivity contribution is 5.99. The summed E-state index contributed by atoms with van der Waals surface area (Å²) in [4.78, 5) is 24.3. The first kappa shape index (κ1) is 21.8. The van der Waals surface area contributed by atoms with Crippen molar-refractivity contribution < 1.29 is 27.8 Å². The number of hydrogen-bond acceptors (Lipinski definition) is 4. The highest BCUT2D eigenvalue weighted by Gasteiger charge is 2.14. The quantitative estimate of drug-likeness (QED) is 0.598. The minimum atomic E-state index is -1.00. The molecule has 31 heavy (non-hydrogen) atoms. The van der Waals surface area contributed by atoms with E-state index in [1.807, 2.05) is 24.3 Å². The molecule has 0 saturated carbocycles. The third-order valence-electron chi connectivity index (χ3n) is 4.47. The summed E-state index contributed by atoms with van der Waals surface area (Å²) in [6.45, 7) is -0.389. The third kappa shape index (κ3) is 5.36. The summed E-state index contributed by atoms with van der Waals surface area (Å²) in [6, 6.07) is 15.0. The van der Waals surface area contributed by atoms with Gasteiger partial charge in [-0.05, 0) is 48.0 Å². The number of carbonyl (C=O) groups excluding carboxylic acids is 2. The summed E-state index contributed by atoms with van der Waals surface area (Å²) in [6.07, 6.45) is 0. The lowest BCUT2D eigenvalue weighted by atomic mass is 10.0. The molecule has 8 heteroatoms. The molecule has 0 aromatic heterocycles. The molecule has 6 nitrogen and oxygen atoms in total. The first-order valence-electron chi connectivity index (χ1n) is 9.27. The Bertz CT molecular complexity index is 1100. The van der Waals surface area contributed by atoms with Crippen LogP contribution in [0.15, 0.2) is 60.7 Å². The van der Waals surface area contributed by atoms with Crippen LogP contribution in [0.25, 0.3) is 11.1 Å². The van der Waals surface area contributed by atoms with Gasteiger partial charge in [0.15, 0.2) is 0 Å². The van der Waals surface area contributed by atoms with Crippen molar-refractivity contribution in [2.75, 3.05) is 26.1 Å². The maximum absolute atomic E-state index is 13.7. The van der Waals surface area contributed by atoms with Crippen molar-refractivity contribution >= 4 is 17.5 Å². The molecule has 160 valence electrons. The topological polar surface area (TPSA) is 76.7 Å². The fourth-order valence-electron chi connectivity index (χ4n) is 2.92. The Kier molecular flexibility index (Phi) is 6.81. The van der Waals surface area contributed by atoms with E-state index in [0.29, 0.717) is 23.3 Å². The van der Waals surface area contributed by atoms with Crippen LogP contribution in [-0.2, 0) is 4.79 Å². The normalized spacial score (nSPS) is 10.3. The number of halogens is 2. The van der Waals surface area contributed by atoms with E-state index in [1.54, 1.807) is 32.4 Å². The maximum atomic E-state index is 13.7. The highest BCUT2D eigenvalue weighted by atomic mass is 19.1. The fraction of sp³-hybridized carbons (Fsp3) is 0.130. The minimum absolute atomic E-state index is 0.347. The molecular formula is C23H20F2N2O4. The Labute approximate surface area is 177 Å². The molecule has 0 heterocycles. The summed E-state index contributed by atoms with van der Waals surface area (Å²) in [5, 5.41) is 4.98. The van der Waals surface area contributed by atoms with Crippen molar-refractivity contribution in [3.05, 3.63) is 77.9 Å². The Hall–Kier alpha value is -3.94. The van der Waals surface area contributed by atoms with Gasteiger partial charge in [0.1, 0.15) is 23.1 Å². The average molecular weight is 426 g/mol. The maximum Gasteiger partial charge on any atom is 0.254 e. The van der Waals surface area contributed by atoms with Crippen molar-refractivity contribution in [3.8, 4) is 22.6 Å². The van der Waals surface area contributed by atoms with Gasteiger partial charge in [-0.3, -0.25) is 9.59 Å². The monoisotopic (exact) mass is 426 g/mol. The summed E-state index contributed by atoms with van der Waals surface area (Å²) >= 11 is 0. The lowest BCUT2D eigenvalue weighted by Gasteiger charge is -2.13. The summed E-state index contributed by atoms with van der Waals surface area (Å²) in [5.41, 5.74) is 1.74. The molecule has 0 aliphatic carbocycles. The van der Waals surface area contributed by atoms with Crippen LogP contribution in [0.2, 0.25) is 0 Å². The second kappa shape index (κ2) is 9.71. The van der Waals surface area contributed by atoms with Gasteiger partial charge in [-0.1, -0.05) is 12.1 Å². The predicted octanol–water partition coefficient (Wildman–Crippen LogP) is 4.02. The van der Waals surface area contributed by atoms with Crippen LogP contribution in [0.3, 0.4) is 0 Å². The number of amides is 2. The van der Waals surface area contributed by atoms with Crippen molar-refractivity contribution in [2.24, 2.45) is 0 Å². The Balaban J connectivity index is 1.68. The first-order valence-corrected chi connectivity index (χ1v) is 9.27. The van der Waals surface area contributed by atoms with Crippen LogP contribution in [0, 0.1) is 11.6 Å². The van der Waals surface area contributed by atoms with Crippen molar-refractivity contribution in [1.29, 1.82) is 0 Å². The van der Waals surface area contributed by atoms with E-state index in [1.165, 1.54) is 0 Å². The van der Waals surface area contributed by atoms with Crippen molar-refractivity contribution in [2.45, 2.75) is 0 Å². The number of nitrogens with one attached hydrogen (secondary N) is 2. The summed E-state index contributed by atoms with van der Waals surface area (Å²) in [5.74, 6) is -1.80. The van der Waals surface area contributed by atoms with E-state index in [9.17, 15) is 18.4 Å². The van der Waals surface area contributed by atoms with Gasteiger partial charge >= 0.3 is 0 Å². The second-order valence-electron chi connectivity index (χ2n) is 6.50. The highest BCUT2D eigenvalue weighted by Crippen LogP contribution is 2.33. The van der Waals surface area contributed by atoms with E-state index < -0.39 is 23.4 Å². The zero-order chi connectivity index (χ0) is 22.4. The molecule has 0 saturated heterocycles. The largest absolute Gasteiger partial charge is 0.497 e. The number of hydrogen-bond donors (Lipinski definition) is 2. The molecule has 3 aromatic rings. The van der Waals surface area contributed by atoms with E-state index in [4.69, 9.17) is 9.47 Å². The Morgan fingerprint density at radius 1 is 0.903 bits per heavy atom. The molecular weight excluding hydrogens is 406 g/mol. The lowest BCUT2D eigenvalue weighted by Crippen LogP contribution is -2.33. The number of carbonyl (C=O) groups is 2. The molecule has 0 bridgehead atoms. The molecule has 0 unspecified atom stereocenters. The Morgan fingerprint density at radius 2 is 1.65 bits per heavy atom. The second-order valence-corrected chi connectivity index (χ2v) is 6.50. The van der Waals surface area contributed by atoms with Crippen LogP contribution in [0.4, 0.5) is 14.5 Å². The van der Waals surface area contributed by atoms with Crippen LogP contribution >= 0.6 is 0 Å². The molecule has 0 radical (unpaired) electrons. The van der Waals surface area contributed by atoms with Gasteiger partial charge in [0, 0.05) is 17.3 Å². The van der Waals surface area contributed by atoms with Crippen LogP contribution < -0.4 is 20.1 Å². The van der Waals surface area contributed by atoms with Gasteiger partial charge in [-0.25, -0.2) is 8.78 Å². The molecule has 2 N–H and O–H groups in total. The van der Waals surface area contributed by atoms with Gasteiger partial charge in [0.05, 0.1) is 26.3 Å². The fourth-order valence-corrected chi connectivity index (χ4v) is 2.92. The molecule has 2 amide bonds. The number of methoxy groups -OCH3 is 2. The number of benzene rings is 3. The third-order valence-corrected chi connectivity index (χ3v) is 4.47. The predicted molar refractivity (Wildman–Crippen MR) is 112 cm³/mol. The van der Waals surface area contributed by atoms with Gasteiger partial charge in [0.25, 0.3) is 5.91 Å². The number of anilines is 1. The Morgan fingerprint density at radius 3 is 2.29 bits per heavy atom. The van der Waals surface area contributed by atoms with Gasteiger partial charge in [0.2, 0.25) is 5.91 Å².